The Kier molecular flexibility index (Phi) is 9.44. The lowest BCUT2D eigenvalue weighted by molar-refractivity contribution is 0.660. The van der Waals surface area contributed by atoms with Gasteiger partial charge < -0.3 is 4.90 Å². The lowest BCUT2D eigenvalue weighted by Gasteiger charge is -2.30. The zero-order valence-electron chi connectivity index (χ0n) is 36.4. The summed E-state index contributed by atoms with van der Waals surface area (Å²) in [4.78, 5) is 2.45. The van der Waals surface area contributed by atoms with Crippen molar-refractivity contribution < 1.29 is 0 Å². The van der Waals surface area contributed by atoms with Gasteiger partial charge in [-0.05, 0) is 127 Å². The van der Waals surface area contributed by atoms with E-state index in [4.69, 9.17) is 0 Å². The van der Waals surface area contributed by atoms with Gasteiger partial charge in [-0.2, -0.15) is 0 Å². The third-order valence-electron chi connectivity index (χ3n) is 13.5. The number of hydrogen-bond donors (Lipinski definition) is 0. The van der Waals surface area contributed by atoms with Crippen molar-refractivity contribution >= 4 is 48.6 Å². The number of para-hydroxylation sites is 1. The highest BCUT2D eigenvalue weighted by Gasteiger charge is 2.36. The van der Waals surface area contributed by atoms with Crippen molar-refractivity contribution in [2.24, 2.45) is 0 Å². The molecule has 0 N–H and O–H groups in total. The Balaban J connectivity index is 0.892. The Labute approximate surface area is 385 Å². The molecule has 308 valence electrons. The van der Waals surface area contributed by atoms with E-state index in [0.29, 0.717) is 0 Å². The molecule has 0 spiro atoms. The van der Waals surface area contributed by atoms with Crippen molar-refractivity contribution in [3.63, 3.8) is 0 Å². The largest absolute Gasteiger partial charge is 0.310 e. The fourth-order valence-corrected chi connectivity index (χ4v) is 11.1. The van der Waals surface area contributed by atoms with E-state index in [1.807, 2.05) is 11.3 Å². The first-order valence-electron chi connectivity index (χ1n) is 22.5. The van der Waals surface area contributed by atoms with E-state index in [2.05, 4.69) is 255 Å². The van der Waals surface area contributed by atoms with E-state index < -0.39 is 0 Å². The molecule has 0 bridgehead atoms. The summed E-state index contributed by atoms with van der Waals surface area (Å²) in [6, 6.07) is 87.0. The van der Waals surface area contributed by atoms with Crippen molar-refractivity contribution in [1.82, 2.24) is 0 Å². The lowest BCUT2D eigenvalue weighted by atomic mass is 9.81. The predicted octanol–water partition coefficient (Wildman–Crippen LogP) is 18.2. The zero-order chi connectivity index (χ0) is 43.5. The molecule has 0 saturated carbocycles. The fourth-order valence-electron chi connectivity index (χ4n) is 10.1. The van der Waals surface area contributed by atoms with Crippen LogP contribution in [0.15, 0.2) is 237 Å². The topological polar surface area (TPSA) is 3.24 Å². The number of rotatable bonds is 8. The van der Waals surface area contributed by atoms with Crippen LogP contribution in [0, 0.1) is 0 Å². The molecular weight excluding hydrogens is 803 g/mol. The highest BCUT2D eigenvalue weighted by Crippen LogP contribution is 2.52. The van der Waals surface area contributed by atoms with Gasteiger partial charge in [-0.25, -0.2) is 0 Å². The van der Waals surface area contributed by atoms with Gasteiger partial charge in [-0.15, -0.1) is 11.3 Å². The van der Waals surface area contributed by atoms with Gasteiger partial charge in [0.1, 0.15) is 0 Å². The maximum atomic E-state index is 2.45. The van der Waals surface area contributed by atoms with Crippen LogP contribution in [-0.2, 0) is 5.41 Å². The third-order valence-corrected chi connectivity index (χ3v) is 14.7. The summed E-state index contributed by atoms with van der Waals surface area (Å²) in [6.45, 7) is 4.77. The van der Waals surface area contributed by atoms with Crippen molar-refractivity contribution in [3.8, 4) is 66.8 Å². The molecule has 1 aliphatic rings. The van der Waals surface area contributed by atoms with Crippen LogP contribution in [0.2, 0.25) is 0 Å². The molecule has 1 nitrogen and oxygen atoms in total. The molecule has 0 unspecified atom stereocenters. The summed E-state index contributed by atoms with van der Waals surface area (Å²) in [5.74, 6) is 0. The van der Waals surface area contributed by atoms with Gasteiger partial charge in [-0.3, -0.25) is 0 Å². The fraction of sp³-hybridized carbons (Fsp3) is 0.0476. The minimum atomic E-state index is -0.212. The maximum absolute atomic E-state index is 2.45. The quantitative estimate of drug-likeness (QED) is 0.147. The minimum Gasteiger partial charge on any atom is -0.310 e. The Morgan fingerprint density at radius 1 is 0.308 bits per heavy atom. The molecule has 1 heterocycles. The maximum Gasteiger partial charge on any atom is 0.0540 e. The molecule has 0 amide bonds. The molecule has 0 saturated heterocycles. The van der Waals surface area contributed by atoms with Gasteiger partial charge in [0.05, 0.1) is 5.69 Å². The lowest BCUT2D eigenvalue weighted by Crippen LogP contribution is -2.17. The number of benzene rings is 10. The first kappa shape index (κ1) is 38.9. The summed E-state index contributed by atoms with van der Waals surface area (Å²) in [5, 5.41) is 2.64. The molecule has 12 rings (SSSR count). The Morgan fingerprint density at radius 2 is 0.754 bits per heavy atom. The van der Waals surface area contributed by atoms with Gasteiger partial charge in [0.15, 0.2) is 0 Å². The first-order chi connectivity index (χ1) is 32.0. The van der Waals surface area contributed by atoms with Crippen molar-refractivity contribution in [2.45, 2.75) is 19.3 Å². The van der Waals surface area contributed by atoms with Gasteiger partial charge >= 0.3 is 0 Å². The molecule has 65 heavy (non-hydrogen) atoms. The van der Waals surface area contributed by atoms with E-state index in [1.165, 1.54) is 98.1 Å². The molecule has 0 aliphatic heterocycles. The summed E-state index contributed by atoms with van der Waals surface area (Å²) in [6.07, 6.45) is 0. The zero-order valence-corrected chi connectivity index (χ0v) is 37.2. The first-order valence-corrected chi connectivity index (χ1v) is 23.3. The van der Waals surface area contributed by atoms with Crippen LogP contribution >= 0.6 is 11.3 Å². The normalized spacial score (nSPS) is 12.6. The standard InChI is InChI=1S/C63H45NS/c1-63(2)58-40-50(46-27-25-45(26-28-46)44-23-21-43(22-24-44)42-13-5-3-6-14-42)31-36-54(58)55-37-35-52(41-59(55)63)64(60-19-11-9-17-53(60)48-15-7-4-8-16-48)51-33-29-47(30-34-51)49-32-38-62-57(39-49)56-18-10-12-20-61(56)65-62/h3-41H,1-2H3. The van der Waals surface area contributed by atoms with Gasteiger partial charge in [-0.1, -0.05) is 196 Å². The molecule has 0 fully saturated rings. The molecule has 10 aromatic carbocycles. The molecule has 1 aromatic heterocycles. The van der Waals surface area contributed by atoms with Crippen LogP contribution in [0.25, 0.3) is 86.9 Å². The number of anilines is 3. The van der Waals surface area contributed by atoms with Crippen LogP contribution in [0.4, 0.5) is 17.1 Å². The monoisotopic (exact) mass is 847 g/mol. The van der Waals surface area contributed by atoms with E-state index >= 15 is 0 Å². The average Bonchev–Trinajstić information content (AvgIpc) is 3.85. The molecule has 0 radical (unpaired) electrons. The van der Waals surface area contributed by atoms with E-state index in [0.717, 1.165) is 17.1 Å². The number of fused-ring (bicyclic) bond motifs is 6. The Hall–Kier alpha value is -7.78. The summed E-state index contributed by atoms with van der Waals surface area (Å²) in [7, 11) is 0. The van der Waals surface area contributed by atoms with Gasteiger partial charge in [0.25, 0.3) is 0 Å². The third kappa shape index (κ3) is 6.86. The van der Waals surface area contributed by atoms with Crippen molar-refractivity contribution in [2.75, 3.05) is 4.90 Å². The van der Waals surface area contributed by atoms with Crippen LogP contribution in [0.1, 0.15) is 25.0 Å². The summed E-state index contributed by atoms with van der Waals surface area (Å²) < 4.78 is 2.65. The van der Waals surface area contributed by atoms with Crippen LogP contribution in [-0.4, -0.2) is 0 Å². The van der Waals surface area contributed by atoms with Gasteiger partial charge in [0.2, 0.25) is 0 Å². The highest BCUT2D eigenvalue weighted by atomic mass is 32.1. The van der Waals surface area contributed by atoms with Gasteiger partial charge in [0, 0.05) is 42.5 Å². The second-order valence-corrected chi connectivity index (χ2v) is 18.8. The van der Waals surface area contributed by atoms with Crippen molar-refractivity contribution in [1.29, 1.82) is 0 Å². The van der Waals surface area contributed by atoms with Crippen molar-refractivity contribution in [3.05, 3.63) is 248 Å². The summed E-state index contributed by atoms with van der Waals surface area (Å²) >= 11 is 1.86. The highest BCUT2D eigenvalue weighted by molar-refractivity contribution is 7.25. The minimum absolute atomic E-state index is 0.212. The second-order valence-electron chi connectivity index (χ2n) is 17.7. The predicted molar refractivity (Wildman–Crippen MR) is 279 cm³/mol. The smallest absolute Gasteiger partial charge is 0.0540 e. The molecule has 2 heteroatoms. The SMILES string of the molecule is CC1(C)c2cc(-c3ccc(-c4ccc(-c5ccccc5)cc4)cc3)ccc2-c2ccc(N(c3ccc(-c4ccc5sc6ccccc6c5c4)cc3)c3ccccc3-c3ccccc3)cc21. The number of hydrogen-bond acceptors (Lipinski definition) is 2. The second kappa shape index (κ2) is 15.8. The van der Waals surface area contributed by atoms with E-state index in [9.17, 15) is 0 Å². The summed E-state index contributed by atoms with van der Waals surface area (Å²) in [5.41, 5.74) is 20.7. The number of nitrogens with zero attached hydrogens (tertiary/aromatic N) is 1. The van der Waals surface area contributed by atoms with Crippen LogP contribution in [0.5, 0.6) is 0 Å². The van der Waals surface area contributed by atoms with Crippen LogP contribution in [0.3, 0.4) is 0 Å². The Morgan fingerprint density at radius 3 is 1.43 bits per heavy atom. The Bertz CT molecular complexity index is 3530. The average molecular weight is 848 g/mol. The van der Waals surface area contributed by atoms with E-state index in [-0.39, 0.29) is 5.41 Å². The van der Waals surface area contributed by atoms with Crippen LogP contribution < -0.4 is 4.90 Å². The van der Waals surface area contributed by atoms with E-state index in [1.54, 1.807) is 0 Å². The number of thiophene rings is 1. The molecule has 1 aliphatic carbocycles. The molecule has 0 atom stereocenters. The molecular formula is C63H45NS. The molecule has 11 aromatic rings.